The Balaban J connectivity index is 1.99. The lowest BCUT2D eigenvalue weighted by molar-refractivity contribution is -0.128. The number of ether oxygens (including phenoxy) is 3. The third kappa shape index (κ3) is 13.3. The van der Waals surface area contributed by atoms with E-state index in [0.29, 0.717) is 63.0 Å². The number of hydrogen-bond donors (Lipinski definition) is 4. The zero-order chi connectivity index (χ0) is 33.6. The van der Waals surface area contributed by atoms with E-state index in [-0.39, 0.29) is 35.7 Å². The average Bonchev–Trinajstić information content (AvgIpc) is 3.42. The summed E-state index contributed by atoms with van der Waals surface area (Å²) in [6, 6.07) is 5.54. The molecule has 45 heavy (non-hydrogen) atoms. The number of rotatable bonds is 22. The Morgan fingerprint density at radius 1 is 1.09 bits per heavy atom. The van der Waals surface area contributed by atoms with Crippen LogP contribution >= 0.6 is 0 Å². The van der Waals surface area contributed by atoms with Gasteiger partial charge in [0, 0.05) is 69.8 Å². The van der Waals surface area contributed by atoms with Crippen molar-refractivity contribution < 1.29 is 29.2 Å². The number of amides is 1. The zero-order valence-electron chi connectivity index (χ0n) is 28.8. The highest BCUT2D eigenvalue weighted by molar-refractivity contribution is 5.79. The van der Waals surface area contributed by atoms with Crippen LogP contribution in [0.4, 0.5) is 0 Å². The smallest absolute Gasteiger partial charge is 0.223 e. The van der Waals surface area contributed by atoms with Crippen LogP contribution in [0.5, 0.6) is 11.5 Å². The van der Waals surface area contributed by atoms with Crippen LogP contribution in [-0.4, -0.2) is 83.8 Å². The zero-order valence-corrected chi connectivity index (χ0v) is 28.8. The van der Waals surface area contributed by atoms with Gasteiger partial charge in [-0.3, -0.25) is 9.48 Å². The monoisotopic (exact) mass is 633 g/mol. The largest absolute Gasteiger partial charge is 0.493 e. The van der Waals surface area contributed by atoms with Crippen molar-refractivity contribution in [2.45, 2.75) is 92.3 Å². The summed E-state index contributed by atoms with van der Waals surface area (Å²) in [5.41, 5.74) is 8.19. The summed E-state index contributed by atoms with van der Waals surface area (Å²) in [6.07, 6.45) is 3.97. The van der Waals surface area contributed by atoms with Crippen LogP contribution in [-0.2, 0) is 28.9 Å². The molecule has 256 valence electrons. The van der Waals surface area contributed by atoms with E-state index in [1.54, 1.807) is 18.9 Å². The van der Waals surface area contributed by atoms with Crippen molar-refractivity contribution in [2.24, 2.45) is 34.8 Å². The number of methoxy groups -OCH3 is 2. The SMILES string of the molecule is COCCCOc1cc(C[C@@H](C[C@H](N)[C@@H](O)C[C@H](C(=O)NCC(C)(C)Cn2cc(CCO)nn2)C(C)C)C(C)C)ccc1OC. The first kappa shape index (κ1) is 38.5. The molecule has 1 aromatic heterocycles. The summed E-state index contributed by atoms with van der Waals surface area (Å²) in [6.45, 7) is 14.7. The fourth-order valence-electron chi connectivity index (χ4n) is 5.46. The van der Waals surface area contributed by atoms with Crippen molar-refractivity contribution in [3.63, 3.8) is 0 Å². The van der Waals surface area contributed by atoms with Crippen LogP contribution in [0.25, 0.3) is 0 Å². The van der Waals surface area contributed by atoms with Gasteiger partial charge in [0.1, 0.15) is 0 Å². The van der Waals surface area contributed by atoms with Gasteiger partial charge in [0.15, 0.2) is 11.5 Å². The molecular weight excluding hydrogens is 574 g/mol. The van der Waals surface area contributed by atoms with Gasteiger partial charge in [-0.2, -0.15) is 0 Å². The van der Waals surface area contributed by atoms with Crippen LogP contribution < -0.4 is 20.5 Å². The minimum Gasteiger partial charge on any atom is -0.493 e. The second kappa shape index (κ2) is 19.1. The summed E-state index contributed by atoms with van der Waals surface area (Å²) in [7, 11) is 3.31. The molecule has 1 amide bonds. The van der Waals surface area contributed by atoms with Gasteiger partial charge in [-0.25, -0.2) is 0 Å². The Kier molecular flexibility index (Phi) is 16.3. The van der Waals surface area contributed by atoms with Crippen LogP contribution in [0.1, 0.15) is 72.1 Å². The first-order valence-electron chi connectivity index (χ1n) is 16.3. The maximum Gasteiger partial charge on any atom is 0.223 e. The molecular formula is C34H59N5O6. The molecule has 11 heteroatoms. The average molecular weight is 634 g/mol. The van der Waals surface area contributed by atoms with E-state index < -0.39 is 12.1 Å². The molecule has 0 fully saturated rings. The van der Waals surface area contributed by atoms with E-state index in [2.05, 4.69) is 49.4 Å². The molecule has 1 aromatic carbocycles. The number of aromatic nitrogens is 3. The summed E-state index contributed by atoms with van der Waals surface area (Å²) < 4.78 is 18.3. The molecule has 0 unspecified atom stereocenters. The summed E-state index contributed by atoms with van der Waals surface area (Å²) in [4.78, 5) is 13.3. The van der Waals surface area contributed by atoms with Crippen molar-refractivity contribution in [3.05, 3.63) is 35.7 Å². The Labute approximate surface area is 270 Å². The van der Waals surface area contributed by atoms with Crippen LogP contribution in [0.15, 0.2) is 24.4 Å². The van der Waals surface area contributed by atoms with Crippen molar-refractivity contribution in [1.82, 2.24) is 20.3 Å². The molecule has 4 atom stereocenters. The van der Waals surface area contributed by atoms with Crippen molar-refractivity contribution in [1.29, 1.82) is 0 Å². The molecule has 2 aromatic rings. The van der Waals surface area contributed by atoms with Crippen LogP contribution in [0.2, 0.25) is 0 Å². The number of aliphatic hydroxyl groups is 2. The molecule has 0 spiro atoms. The molecule has 0 aliphatic heterocycles. The molecule has 2 rings (SSSR count). The lowest BCUT2D eigenvalue weighted by atomic mass is 9.80. The Morgan fingerprint density at radius 2 is 1.82 bits per heavy atom. The van der Waals surface area contributed by atoms with Gasteiger partial charge in [-0.1, -0.05) is 52.8 Å². The van der Waals surface area contributed by atoms with E-state index in [1.165, 1.54) is 0 Å². The van der Waals surface area contributed by atoms with Gasteiger partial charge in [0.2, 0.25) is 5.91 Å². The Bertz CT molecular complexity index is 1140. The highest BCUT2D eigenvalue weighted by Gasteiger charge is 2.31. The summed E-state index contributed by atoms with van der Waals surface area (Å²) in [5.74, 6) is 1.55. The standard InChI is InChI=1S/C34H59N5O6/c1-23(2)26(16-25-10-11-31(44-8)32(17-25)45-15-9-14-43-7)18-29(35)30(41)19-28(24(3)4)33(42)36-21-34(5,6)22-39-20-27(12-13-40)37-38-39/h10-11,17,20,23-24,26,28-30,40-41H,9,12-16,18-19,21-22,35H2,1-8H3,(H,36,42)/t26-,28-,29-,30-/m0/s1. The van der Waals surface area contributed by atoms with E-state index in [0.717, 1.165) is 24.1 Å². The fraction of sp³-hybridized carbons (Fsp3) is 0.735. The molecule has 5 N–H and O–H groups in total. The number of hydrogen-bond acceptors (Lipinski definition) is 9. The van der Waals surface area contributed by atoms with Gasteiger partial charge in [-0.15, -0.1) is 5.10 Å². The van der Waals surface area contributed by atoms with Gasteiger partial charge < -0.3 is 35.5 Å². The van der Waals surface area contributed by atoms with Crippen LogP contribution in [0.3, 0.4) is 0 Å². The highest BCUT2D eigenvalue weighted by atomic mass is 16.5. The van der Waals surface area contributed by atoms with E-state index in [1.807, 2.05) is 32.2 Å². The molecule has 1 heterocycles. The topological polar surface area (TPSA) is 154 Å². The molecule has 0 saturated heterocycles. The maximum atomic E-state index is 13.3. The number of benzene rings is 1. The van der Waals surface area contributed by atoms with Gasteiger partial charge >= 0.3 is 0 Å². The Hall–Kier alpha value is -2.73. The van der Waals surface area contributed by atoms with E-state index >= 15 is 0 Å². The number of nitrogens with zero attached hydrogens (tertiary/aromatic N) is 3. The number of aliphatic hydroxyl groups excluding tert-OH is 2. The second-order valence-corrected chi connectivity index (χ2v) is 13.7. The van der Waals surface area contributed by atoms with Crippen molar-refractivity contribution in [2.75, 3.05) is 40.6 Å². The van der Waals surface area contributed by atoms with E-state index in [4.69, 9.17) is 25.1 Å². The lowest BCUT2D eigenvalue weighted by Gasteiger charge is -2.31. The van der Waals surface area contributed by atoms with Crippen LogP contribution in [0, 0.1) is 29.1 Å². The summed E-state index contributed by atoms with van der Waals surface area (Å²) in [5, 5.41) is 31.7. The first-order valence-corrected chi connectivity index (χ1v) is 16.3. The molecule has 0 aliphatic carbocycles. The Morgan fingerprint density at radius 3 is 2.44 bits per heavy atom. The molecule has 0 aliphatic rings. The number of nitrogens with two attached hydrogens (primary N) is 1. The fourth-order valence-corrected chi connectivity index (χ4v) is 5.46. The minimum atomic E-state index is -0.812. The third-order valence-corrected chi connectivity index (χ3v) is 8.41. The number of nitrogens with one attached hydrogen (secondary N) is 1. The highest BCUT2D eigenvalue weighted by Crippen LogP contribution is 2.32. The van der Waals surface area contributed by atoms with Crippen molar-refractivity contribution in [3.8, 4) is 11.5 Å². The number of carbonyl (C=O) groups excluding carboxylic acids is 1. The molecule has 0 saturated carbocycles. The predicted molar refractivity (Wildman–Crippen MR) is 176 cm³/mol. The lowest BCUT2D eigenvalue weighted by Crippen LogP contribution is -2.44. The predicted octanol–water partition coefficient (Wildman–Crippen LogP) is 3.63. The van der Waals surface area contributed by atoms with Gasteiger partial charge in [0.25, 0.3) is 0 Å². The quantitative estimate of drug-likeness (QED) is 0.142. The minimum absolute atomic E-state index is 0.0251. The van der Waals surface area contributed by atoms with Gasteiger partial charge in [-0.05, 0) is 54.7 Å². The summed E-state index contributed by atoms with van der Waals surface area (Å²) >= 11 is 0. The normalized spacial score (nSPS) is 14.8. The molecule has 0 bridgehead atoms. The molecule has 11 nitrogen and oxygen atoms in total. The van der Waals surface area contributed by atoms with Gasteiger partial charge in [0.05, 0.1) is 25.5 Å². The first-order chi connectivity index (χ1) is 21.3. The van der Waals surface area contributed by atoms with Crippen molar-refractivity contribution >= 4 is 5.91 Å². The number of carbonyl (C=O) groups is 1. The second-order valence-electron chi connectivity index (χ2n) is 13.7. The van der Waals surface area contributed by atoms with E-state index in [9.17, 15) is 9.90 Å². The molecule has 0 radical (unpaired) electrons. The third-order valence-electron chi connectivity index (χ3n) is 8.41. The maximum absolute atomic E-state index is 13.3.